The number of fused-ring (bicyclic) bond motifs is 1. The second-order valence-corrected chi connectivity index (χ2v) is 11.0. The van der Waals surface area contributed by atoms with Crippen LogP contribution in [0.5, 0.6) is 0 Å². The fourth-order valence-corrected chi connectivity index (χ4v) is 5.72. The van der Waals surface area contributed by atoms with E-state index in [2.05, 4.69) is 16.4 Å². The Morgan fingerprint density at radius 3 is 2.74 bits per heavy atom. The summed E-state index contributed by atoms with van der Waals surface area (Å²) in [5, 5.41) is 3.56. The third kappa shape index (κ3) is 5.99. The zero-order valence-electron chi connectivity index (χ0n) is 22.7. The number of nitrogens with one attached hydrogen (secondary N) is 1. The molecule has 8 heteroatoms. The Labute approximate surface area is 234 Å². The number of rotatable bonds is 8. The van der Waals surface area contributed by atoms with Gasteiger partial charge in [0.15, 0.2) is 0 Å². The van der Waals surface area contributed by atoms with Crippen LogP contribution in [-0.2, 0) is 22.5 Å². The van der Waals surface area contributed by atoms with E-state index in [4.69, 9.17) is 21.3 Å². The Kier molecular flexibility index (Phi) is 8.29. The molecule has 1 N–H and O–H groups in total. The highest BCUT2D eigenvalue weighted by Crippen LogP contribution is 2.33. The molecule has 1 fully saturated rings. The highest BCUT2D eigenvalue weighted by molar-refractivity contribution is 6.32. The maximum absolute atomic E-state index is 13.6. The lowest BCUT2D eigenvalue weighted by Crippen LogP contribution is -2.47. The molecule has 3 heterocycles. The van der Waals surface area contributed by atoms with Crippen molar-refractivity contribution in [1.29, 1.82) is 0 Å². The number of hydrogen-bond acceptors (Lipinski definition) is 5. The first-order valence-corrected chi connectivity index (χ1v) is 14.1. The highest BCUT2D eigenvalue weighted by atomic mass is 35.5. The molecule has 3 aromatic rings. The Morgan fingerprint density at radius 1 is 1.21 bits per heavy atom. The van der Waals surface area contributed by atoms with Crippen molar-refractivity contribution >= 4 is 23.4 Å². The Morgan fingerprint density at radius 2 is 2.00 bits per heavy atom. The molecule has 2 aromatic carbocycles. The van der Waals surface area contributed by atoms with Crippen LogP contribution in [0.2, 0.25) is 5.02 Å². The molecule has 1 aromatic heterocycles. The van der Waals surface area contributed by atoms with Crippen molar-refractivity contribution in [3.63, 3.8) is 0 Å². The molecule has 0 aliphatic carbocycles. The summed E-state index contributed by atoms with van der Waals surface area (Å²) in [5.41, 5.74) is 5.06. The number of benzene rings is 2. The zero-order valence-corrected chi connectivity index (χ0v) is 23.5. The molecule has 0 saturated carbocycles. The van der Waals surface area contributed by atoms with E-state index >= 15 is 0 Å². The third-order valence-electron chi connectivity index (χ3n) is 7.79. The number of halogens is 1. The molecule has 2 amide bonds. The molecule has 1 saturated heterocycles. The van der Waals surface area contributed by atoms with Gasteiger partial charge in [-0.3, -0.25) is 9.59 Å². The van der Waals surface area contributed by atoms with Crippen LogP contribution in [-0.4, -0.2) is 45.9 Å². The summed E-state index contributed by atoms with van der Waals surface area (Å²) in [5.74, 6) is 0.947. The van der Waals surface area contributed by atoms with Crippen molar-refractivity contribution in [3.05, 3.63) is 81.8 Å². The third-order valence-corrected chi connectivity index (χ3v) is 8.06. The lowest BCUT2D eigenvalue weighted by atomic mass is 9.96. The normalized spacial score (nSPS) is 17.1. The molecule has 0 radical (unpaired) electrons. The standard InChI is InChI=1S/C31H35ClN4O3/c1-4-27(30(37)34-20(3)22-7-5-6-19(2)14-22)36-18-24-9-8-23(16-25(24)31(36)38)29-26(32)17-33-28(35-29)15-21-10-12-39-13-11-21/h5-9,14,16-17,20-21,27H,4,10-13,15,18H2,1-3H3,(H,34,37)/t20-,27?/m1/s1. The average molecular weight is 547 g/mol. The second kappa shape index (κ2) is 11.8. The lowest BCUT2D eigenvalue weighted by molar-refractivity contribution is -0.126. The Balaban J connectivity index is 1.33. The highest BCUT2D eigenvalue weighted by Gasteiger charge is 2.36. The van der Waals surface area contributed by atoms with Crippen molar-refractivity contribution in [2.75, 3.05) is 13.2 Å². The van der Waals surface area contributed by atoms with Crippen LogP contribution < -0.4 is 5.32 Å². The van der Waals surface area contributed by atoms with Gasteiger partial charge >= 0.3 is 0 Å². The smallest absolute Gasteiger partial charge is 0.255 e. The van der Waals surface area contributed by atoms with E-state index in [1.54, 1.807) is 11.1 Å². The van der Waals surface area contributed by atoms with Crippen molar-refractivity contribution in [2.24, 2.45) is 5.92 Å². The predicted molar refractivity (Wildman–Crippen MR) is 151 cm³/mol. The van der Waals surface area contributed by atoms with Crippen molar-refractivity contribution in [1.82, 2.24) is 20.2 Å². The van der Waals surface area contributed by atoms with Gasteiger partial charge in [0.05, 0.1) is 16.8 Å². The number of aryl methyl sites for hydroxylation is 1. The summed E-state index contributed by atoms with van der Waals surface area (Å²) in [7, 11) is 0. The first kappa shape index (κ1) is 27.3. The van der Waals surface area contributed by atoms with Crippen LogP contribution in [0.1, 0.15) is 72.0 Å². The van der Waals surface area contributed by atoms with Crippen molar-refractivity contribution in [3.8, 4) is 11.3 Å². The number of carbonyl (C=O) groups excluding carboxylic acids is 2. The van der Waals surface area contributed by atoms with Gasteiger partial charge in [-0.1, -0.05) is 60.5 Å². The van der Waals surface area contributed by atoms with Gasteiger partial charge in [-0.05, 0) is 56.2 Å². The maximum Gasteiger partial charge on any atom is 0.255 e. The van der Waals surface area contributed by atoms with Crippen LogP contribution >= 0.6 is 11.6 Å². The van der Waals surface area contributed by atoms with E-state index in [-0.39, 0.29) is 17.9 Å². The summed E-state index contributed by atoms with van der Waals surface area (Å²) in [4.78, 5) is 37.8. The molecule has 1 unspecified atom stereocenters. The van der Waals surface area contributed by atoms with E-state index in [0.717, 1.165) is 60.6 Å². The molecule has 2 aliphatic rings. The summed E-state index contributed by atoms with van der Waals surface area (Å²) in [6.07, 6.45) is 4.94. The van der Waals surface area contributed by atoms with Gasteiger partial charge in [0, 0.05) is 43.5 Å². The number of amides is 2. The minimum Gasteiger partial charge on any atom is -0.381 e. The lowest BCUT2D eigenvalue weighted by Gasteiger charge is -2.27. The molecule has 39 heavy (non-hydrogen) atoms. The van der Waals surface area contributed by atoms with Gasteiger partial charge < -0.3 is 15.0 Å². The molecule has 204 valence electrons. The van der Waals surface area contributed by atoms with E-state index in [1.165, 1.54) is 0 Å². The first-order valence-electron chi connectivity index (χ1n) is 13.7. The van der Waals surface area contributed by atoms with Crippen molar-refractivity contribution in [2.45, 2.75) is 65.1 Å². The van der Waals surface area contributed by atoms with Crippen LogP contribution in [0.15, 0.2) is 48.7 Å². The molecular weight excluding hydrogens is 512 g/mol. The minimum absolute atomic E-state index is 0.148. The van der Waals surface area contributed by atoms with Gasteiger partial charge in [0.1, 0.15) is 11.9 Å². The molecule has 7 nitrogen and oxygen atoms in total. The fraction of sp³-hybridized carbons (Fsp3) is 0.419. The quantitative estimate of drug-likeness (QED) is 0.392. The van der Waals surface area contributed by atoms with Crippen molar-refractivity contribution < 1.29 is 14.3 Å². The SMILES string of the molecule is CCC(C(=O)N[C@H](C)c1cccc(C)c1)N1Cc2ccc(-c3nc(CC4CCOCC4)ncc3Cl)cc2C1=O. The first-order chi connectivity index (χ1) is 18.8. The van der Waals surface area contributed by atoms with E-state index in [1.807, 2.05) is 57.2 Å². The van der Waals surface area contributed by atoms with Gasteiger partial charge in [-0.15, -0.1) is 0 Å². The number of carbonyl (C=O) groups is 2. The Bertz CT molecular complexity index is 1370. The molecule has 0 bridgehead atoms. The molecule has 2 atom stereocenters. The monoisotopic (exact) mass is 546 g/mol. The molecule has 2 aliphatic heterocycles. The van der Waals surface area contributed by atoms with Gasteiger partial charge in [-0.2, -0.15) is 0 Å². The molecule has 0 spiro atoms. The summed E-state index contributed by atoms with van der Waals surface area (Å²) < 4.78 is 5.47. The summed E-state index contributed by atoms with van der Waals surface area (Å²) in [6, 6.07) is 13.1. The summed E-state index contributed by atoms with van der Waals surface area (Å²) >= 11 is 6.52. The van der Waals surface area contributed by atoms with Gasteiger partial charge in [0.25, 0.3) is 5.91 Å². The molecule has 5 rings (SSSR count). The second-order valence-electron chi connectivity index (χ2n) is 10.6. The van der Waals surface area contributed by atoms with Crippen LogP contribution in [0.4, 0.5) is 0 Å². The number of nitrogens with zero attached hydrogens (tertiary/aromatic N) is 3. The topological polar surface area (TPSA) is 84.4 Å². The zero-order chi connectivity index (χ0) is 27.5. The Hall–Kier alpha value is -3.29. The largest absolute Gasteiger partial charge is 0.381 e. The average Bonchev–Trinajstić information content (AvgIpc) is 3.26. The van der Waals surface area contributed by atoms with E-state index in [9.17, 15) is 9.59 Å². The van der Waals surface area contributed by atoms with E-state index < -0.39 is 6.04 Å². The summed E-state index contributed by atoms with van der Waals surface area (Å²) in [6.45, 7) is 7.87. The van der Waals surface area contributed by atoms with Crippen LogP contribution in [0, 0.1) is 12.8 Å². The van der Waals surface area contributed by atoms with Crippen LogP contribution in [0.3, 0.4) is 0 Å². The van der Waals surface area contributed by atoms with Gasteiger partial charge in [-0.25, -0.2) is 9.97 Å². The van der Waals surface area contributed by atoms with Crippen LogP contribution in [0.25, 0.3) is 11.3 Å². The number of aromatic nitrogens is 2. The maximum atomic E-state index is 13.6. The minimum atomic E-state index is -0.561. The predicted octanol–water partition coefficient (Wildman–Crippen LogP) is 5.69. The van der Waals surface area contributed by atoms with E-state index in [0.29, 0.717) is 35.2 Å². The fourth-order valence-electron chi connectivity index (χ4n) is 5.52. The molecular formula is C31H35ClN4O3. The van der Waals surface area contributed by atoms with Gasteiger partial charge in [0.2, 0.25) is 5.91 Å². The number of ether oxygens (including phenoxy) is 1. The number of hydrogen-bond donors (Lipinski definition) is 1.